The Morgan fingerprint density at radius 1 is 1.28 bits per heavy atom. The highest BCUT2D eigenvalue weighted by molar-refractivity contribution is 7.66. The molecule has 2 heterocycles. The van der Waals surface area contributed by atoms with Crippen molar-refractivity contribution < 1.29 is 60.7 Å². The molecule has 5 atom stereocenters. The van der Waals surface area contributed by atoms with Gasteiger partial charge in [-0.3, -0.25) is 9.32 Å². The van der Waals surface area contributed by atoms with Crippen molar-refractivity contribution in [2.24, 2.45) is 0 Å². The maximum absolute atomic E-state index is 11.9. The summed E-state index contributed by atoms with van der Waals surface area (Å²) < 4.78 is 57.2. The SMILES string of the molecule is C#CCOC1C[C@H](N2C=C(C)C(=O)NC2=C)O[C@@H]1COP(=O)(O)OP(=O)(O)OP(=O)(O)O. The minimum atomic E-state index is -5.65. The molecule has 0 aliphatic carbocycles. The van der Waals surface area contributed by atoms with Crippen LogP contribution < -0.4 is 5.32 Å². The summed E-state index contributed by atoms with van der Waals surface area (Å²) in [4.78, 5) is 49.1. The van der Waals surface area contributed by atoms with Gasteiger partial charge in [0.15, 0.2) is 0 Å². The van der Waals surface area contributed by atoms with Crippen molar-refractivity contribution in [3.8, 4) is 12.3 Å². The van der Waals surface area contributed by atoms with Gasteiger partial charge in [-0.05, 0) is 6.92 Å². The van der Waals surface area contributed by atoms with Gasteiger partial charge in [-0.1, -0.05) is 12.5 Å². The van der Waals surface area contributed by atoms with Gasteiger partial charge >= 0.3 is 23.5 Å². The number of phosphoric ester groups is 1. The van der Waals surface area contributed by atoms with Crippen LogP contribution in [0.15, 0.2) is 24.2 Å². The van der Waals surface area contributed by atoms with Crippen molar-refractivity contribution in [1.82, 2.24) is 10.2 Å². The smallest absolute Gasteiger partial charge is 0.363 e. The number of ether oxygens (including phenoxy) is 2. The fraction of sp³-hybridized carbons (Fsp3) is 0.500. The Bertz CT molecular complexity index is 969. The normalized spacial score (nSPS) is 27.8. The van der Waals surface area contributed by atoms with E-state index in [0.29, 0.717) is 5.57 Å². The molecule has 32 heavy (non-hydrogen) atoms. The van der Waals surface area contributed by atoms with Gasteiger partial charge in [-0.15, -0.1) is 6.42 Å². The molecule has 2 aliphatic heterocycles. The van der Waals surface area contributed by atoms with Crippen LogP contribution in [0.4, 0.5) is 0 Å². The molecule has 18 heteroatoms. The second kappa shape index (κ2) is 10.3. The molecule has 2 rings (SSSR count). The molecule has 2 aliphatic rings. The summed E-state index contributed by atoms with van der Waals surface area (Å²) in [6, 6.07) is 0. The van der Waals surface area contributed by atoms with Crippen molar-refractivity contribution in [2.75, 3.05) is 13.2 Å². The van der Waals surface area contributed by atoms with Gasteiger partial charge in [0.05, 0.1) is 12.7 Å². The predicted molar refractivity (Wildman–Crippen MR) is 105 cm³/mol. The second-order valence-electron chi connectivity index (χ2n) is 6.43. The van der Waals surface area contributed by atoms with E-state index >= 15 is 0 Å². The minimum Gasteiger partial charge on any atom is -0.363 e. The van der Waals surface area contributed by atoms with E-state index in [1.807, 2.05) is 0 Å². The van der Waals surface area contributed by atoms with Crippen LogP contribution in [-0.4, -0.2) is 62.0 Å². The fourth-order valence-corrected chi connectivity index (χ4v) is 5.75. The van der Waals surface area contributed by atoms with Crippen molar-refractivity contribution in [3.63, 3.8) is 0 Å². The number of phosphoric acid groups is 3. The number of hydrogen-bond donors (Lipinski definition) is 5. The summed E-state index contributed by atoms with van der Waals surface area (Å²) in [5, 5.41) is 2.53. The van der Waals surface area contributed by atoms with Gasteiger partial charge in [0.1, 0.15) is 24.8 Å². The van der Waals surface area contributed by atoms with Crippen LogP contribution >= 0.6 is 23.5 Å². The first kappa shape index (κ1) is 26.9. The molecular formula is C14H21N2O13P3. The third-order valence-electron chi connectivity index (χ3n) is 3.95. The Kier molecular flexibility index (Phi) is 8.63. The third-order valence-corrected chi connectivity index (χ3v) is 7.75. The highest BCUT2D eigenvalue weighted by Crippen LogP contribution is 2.66. The van der Waals surface area contributed by atoms with E-state index in [1.165, 1.54) is 11.1 Å². The van der Waals surface area contributed by atoms with Gasteiger partial charge in [0.25, 0.3) is 5.91 Å². The number of nitrogens with one attached hydrogen (secondary N) is 1. The van der Waals surface area contributed by atoms with Crippen molar-refractivity contribution in [1.29, 1.82) is 0 Å². The largest absolute Gasteiger partial charge is 0.490 e. The lowest BCUT2D eigenvalue weighted by molar-refractivity contribution is -0.118. The Morgan fingerprint density at radius 3 is 2.53 bits per heavy atom. The highest BCUT2D eigenvalue weighted by Gasteiger charge is 2.44. The van der Waals surface area contributed by atoms with E-state index in [-0.39, 0.29) is 24.8 Å². The Morgan fingerprint density at radius 2 is 1.94 bits per heavy atom. The maximum Gasteiger partial charge on any atom is 0.490 e. The number of carbonyl (C=O) groups is 1. The average molecular weight is 518 g/mol. The molecular weight excluding hydrogens is 497 g/mol. The standard InChI is InChI=1S/C14H21N2O13P3/c1-4-5-25-11-6-13(16-7-9(2)14(17)15-10(16)3)27-12(11)8-26-31(21,22)29-32(23,24)28-30(18,19)20/h1,7,11-13H,3,5-6,8H2,2H3,(H,15,17)(H,21,22)(H,23,24)(H2,18,19,20)/t11?,12-,13-/m1/s1. The minimum absolute atomic E-state index is 0.140. The summed E-state index contributed by atoms with van der Waals surface area (Å²) in [6.45, 7) is 4.42. The van der Waals surface area contributed by atoms with E-state index < -0.39 is 48.5 Å². The summed E-state index contributed by atoms with van der Waals surface area (Å²) >= 11 is 0. The number of rotatable bonds is 10. The average Bonchev–Trinajstić information content (AvgIpc) is 3.01. The van der Waals surface area contributed by atoms with Crippen LogP contribution in [0, 0.1) is 12.3 Å². The molecule has 3 unspecified atom stereocenters. The lowest BCUT2D eigenvalue weighted by Crippen LogP contribution is -2.42. The van der Waals surface area contributed by atoms with Crippen LogP contribution in [0.2, 0.25) is 0 Å². The molecule has 0 spiro atoms. The van der Waals surface area contributed by atoms with Crippen LogP contribution in [0.1, 0.15) is 13.3 Å². The number of amides is 1. The first-order chi connectivity index (χ1) is 14.6. The van der Waals surface area contributed by atoms with Crippen LogP contribution in [0.3, 0.4) is 0 Å². The number of terminal acetylenes is 1. The van der Waals surface area contributed by atoms with Gasteiger partial charge in [-0.2, -0.15) is 8.62 Å². The number of nitrogens with zero attached hydrogens (tertiary/aromatic N) is 1. The monoisotopic (exact) mass is 518 g/mol. The molecule has 0 radical (unpaired) electrons. The molecule has 15 nitrogen and oxygen atoms in total. The topological polar surface area (TPSA) is 211 Å². The summed E-state index contributed by atoms with van der Waals surface area (Å²) in [5.41, 5.74) is 0.360. The van der Waals surface area contributed by atoms with Gasteiger partial charge < -0.3 is 39.3 Å². The zero-order chi connectivity index (χ0) is 24.3. The molecule has 0 aromatic carbocycles. The number of carbonyl (C=O) groups excluding carboxylic acids is 1. The van der Waals surface area contributed by atoms with Gasteiger partial charge in [0, 0.05) is 18.2 Å². The van der Waals surface area contributed by atoms with E-state index in [1.54, 1.807) is 6.92 Å². The van der Waals surface area contributed by atoms with Crippen molar-refractivity contribution >= 4 is 29.4 Å². The predicted octanol–water partition coefficient (Wildman–Crippen LogP) is 0.270. The summed E-state index contributed by atoms with van der Waals surface area (Å²) in [7, 11) is -16.5. The van der Waals surface area contributed by atoms with Gasteiger partial charge in [0.2, 0.25) is 0 Å². The van der Waals surface area contributed by atoms with Crippen LogP contribution in [0.5, 0.6) is 0 Å². The quantitative estimate of drug-likeness (QED) is 0.194. The fourth-order valence-electron chi connectivity index (χ4n) is 2.72. The molecule has 180 valence electrons. The first-order valence-corrected chi connectivity index (χ1v) is 13.1. The molecule has 5 N–H and O–H groups in total. The molecule has 0 bridgehead atoms. The lowest BCUT2D eigenvalue weighted by atomic mass is 10.1. The Balaban J connectivity index is 2.08. The molecule has 0 aromatic heterocycles. The zero-order valence-electron chi connectivity index (χ0n) is 16.5. The molecule has 0 aromatic rings. The lowest BCUT2D eigenvalue weighted by Gasteiger charge is -2.32. The molecule has 0 saturated carbocycles. The zero-order valence-corrected chi connectivity index (χ0v) is 19.2. The third kappa shape index (κ3) is 7.90. The first-order valence-electron chi connectivity index (χ1n) is 8.58. The van der Waals surface area contributed by atoms with E-state index in [9.17, 15) is 28.3 Å². The number of hydrogen-bond acceptors (Lipinski definition) is 10. The van der Waals surface area contributed by atoms with E-state index in [0.717, 1.165) is 0 Å². The summed E-state index contributed by atoms with van der Waals surface area (Å²) in [6.07, 6.45) is 4.24. The molecule has 1 fully saturated rings. The van der Waals surface area contributed by atoms with Crippen LogP contribution in [0.25, 0.3) is 0 Å². The Hall–Kier alpha value is -1.36. The van der Waals surface area contributed by atoms with Gasteiger partial charge in [-0.25, -0.2) is 13.7 Å². The maximum atomic E-state index is 11.9. The van der Waals surface area contributed by atoms with Crippen molar-refractivity contribution in [3.05, 3.63) is 24.2 Å². The van der Waals surface area contributed by atoms with Crippen LogP contribution in [-0.2, 0) is 41.1 Å². The molecule has 1 saturated heterocycles. The molecule has 1 amide bonds. The van der Waals surface area contributed by atoms with Crippen molar-refractivity contribution in [2.45, 2.75) is 31.8 Å². The summed E-state index contributed by atoms with van der Waals surface area (Å²) in [5.74, 6) is 2.10. The Labute approximate surface area is 182 Å². The second-order valence-corrected chi connectivity index (χ2v) is 10.8. The van der Waals surface area contributed by atoms with E-state index in [4.69, 9.17) is 25.7 Å². The highest BCUT2D eigenvalue weighted by atomic mass is 31.3. The van der Waals surface area contributed by atoms with E-state index in [2.05, 4.69) is 31.0 Å².